The highest BCUT2D eigenvalue weighted by molar-refractivity contribution is 5.49. The predicted octanol–water partition coefficient (Wildman–Crippen LogP) is 2.04. The molecular formula is C15H16N2O. The normalized spacial score (nSPS) is 21.8. The number of hydrogen-bond acceptors (Lipinski definition) is 3. The molecule has 1 aliphatic rings. The number of benzene rings is 1. The van der Waals surface area contributed by atoms with E-state index in [1.807, 2.05) is 36.5 Å². The van der Waals surface area contributed by atoms with Crippen LogP contribution in [0.2, 0.25) is 0 Å². The Morgan fingerprint density at radius 2 is 2.22 bits per heavy atom. The Morgan fingerprint density at radius 1 is 1.33 bits per heavy atom. The number of pyridine rings is 1. The summed E-state index contributed by atoms with van der Waals surface area (Å²) in [4.78, 5) is 4.10. The van der Waals surface area contributed by atoms with Gasteiger partial charge in [0.1, 0.15) is 0 Å². The molecule has 0 aliphatic heterocycles. The third kappa shape index (κ3) is 1.87. The van der Waals surface area contributed by atoms with Gasteiger partial charge in [-0.15, -0.1) is 0 Å². The van der Waals surface area contributed by atoms with E-state index in [1.165, 1.54) is 5.56 Å². The van der Waals surface area contributed by atoms with Crippen LogP contribution in [0, 0.1) is 0 Å². The fourth-order valence-corrected chi connectivity index (χ4v) is 2.77. The van der Waals surface area contributed by atoms with Crippen LogP contribution in [0.3, 0.4) is 0 Å². The Balaban J connectivity index is 1.94. The first kappa shape index (κ1) is 11.2. The molecule has 0 spiro atoms. The van der Waals surface area contributed by atoms with E-state index in [4.69, 9.17) is 5.73 Å². The molecule has 3 N–H and O–H groups in total. The molecule has 92 valence electrons. The van der Waals surface area contributed by atoms with Crippen LogP contribution in [0.15, 0.2) is 42.7 Å². The molecule has 1 heterocycles. The van der Waals surface area contributed by atoms with Crippen molar-refractivity contribution in [3.8, 4) is 0 Å². The molecule has 18 heavy (non-hydrogen) atoms. The minimum atomic E-state index is -0.772. The largest absolute Gasteiger partial charge is 0.399 e. The summed E-state index contributed by atoms with van der Waals surface area (Å²) in [6, 6.07) is 9.68. The standard InChI is InChI=1S/C15H16N2O/c16-13-3-4-14-12(8-13)5-6-15(14,18)9-11-2-1-7-17-10-11/h1-4,7-8,10,18H,5-6,9,16H2. The number of rotatable bonds is 2. The quantitative estimate of drug-likeness (QED) is 0.790. The second kappa shape index (κ2) is 4.10. The van der Waals surface area contributed by atoms with Crippen molar-refractivity contribution >= 4 is 5.69 Å². The summed E-state index contributed by atoms with van der Waals surface area (Å²) >= 11 is 0. The van der Waals surface area contributed by atoms with Gasteiger partial charge in [-0.1, -0.05) is 12.1 Å². The lowest BCUT2D eigenvalue weighted by Crippen LogP contribution is -2.25. The lowest BCUT2D eigenvalue weighted by molar-refractivity contribution is 0.0389. The maximum absolute atomic E-state index is 10.8. The van der Waals surface area contributed by atoms with Crippen molar-refractivity contribution in [1.82, 2.24) is 4.98 Å². The summed E-state index contributed by atoms with van der Waals surface area (Å²) in [6.45, 7) is 0. The molecule has 1 aromatic heterocycles. The van der Waals surface area contributed by atoms with Gasteiger partial charge in [0.15, 0.2) is 0 Å². The number of aromatic nitrogens is 1. The fourth-order valence-electron chi connectivity index (χ4n) is 2.77. The van der Waals surface area contributed by atoms with E-state index in [1.54, 1.807) is 6.20 Å². The van der Waals surface area contributed by atoms with Crippen molar-refractivity contribution in [3.05, 3.63) is 59.4 Å². The molecule has 2 aromatic rings. The zero-order chi connectivity index (χ0) is 12.6. The van der Waals surface area contributed by atoms with Crippen LogP contribution in [0.1, 0.15) is 23.1 Å². The molecule has 0 saturated heterocycles. The van der Waals surface area contributed by atoms with E-state index in [-0.39, 0.29) is 0 Å². The molecular weight excluding hydrogens is 224 g/mol. The Hall–Kier alpha value is -1.87. The minimum absolute atomic E-state index is 0.609. The maximum atomic E-state index is 10.8. The van der Waals surface area contributed by atoms with Crippen LogP contribution in [0.5, 0.6) is 0 Å². The van der Waals surface area contributed by atoms with Gasteiger partial charge >= 0.3 is 0 Å². The van der Waals surface area contributed by atoms with Gasteiger partial charge in [-0.2, -0.15) is 0 Å². The van der Waals surface area contributed by atoms with E-state index >= 15 is 0 Å². The Bertz CT molecular complexity index is 568. The summed E-state index contributed by atoms with van der Waals surface area (Å²) in [6.07, 6.45) is 5.81. The Kier molecular flexibility index (Phi) is 2.56. The fraction of sp³-hybridized carbons (Fsp3) is 0.267. The van der Waals surface area contributed by atoms with Crippen molar-refractivity contribution in [2.75, 3.05) is 5.73 Å². The molecule has 3 heteroatoms. The van der Waals surface area contributed by atoms with Crippen LogP contribution in [-0.4, -0.2) is 10.1 Å². The minimum Gasteiger partial charge on any atom is -0.399 e. The molecule has 0 saturated carbocycles. The zero-order valence-corrected chi connectivity index (χ0v) is 10.1. The Labute approximate surface area is 106 Å². The molecule has 3 rings (SSSR count). The van der Waals surface area contributed by atoms with E-state index in [0.29, 0.717) is 6.42 Å². The van der Waals surface area contributed by atoms with Crippen LogP contribution >= 0.6 is 0 Å². The summed E-state index contributed by atoms with van der Waals surface area (Å²) in [5.41, 5.74) is 9.01. The number of aliphatic hydroxyl groups is 1. The molecule has 0 amide bonds. The highest BCUT2D eigenvalue weighted by Gasteiger charge is 2.36. The third-order valence-corrected chi connectivity index (χ3v) is 3.66. The SMILES string of the molecule is Nc1ccc2c(c1)CCC2(O)Cc1cccnc1. The molecule has 1 atom stereocenters. The monoisotopic (exact) mass is 240 g/mol. The van der Waals surface area contributed by atoms with Gasteiger partial charge in [-0.25, -0.2) is 0 Å². The molecule has 1 unspecified atom stereocenters. The average molecular weight is 240 g/mol. The van der Waals surface area contributed by atoms with Crippen molar-refractivity contribution in [2.24, 2.45) is 0 Å². The molecule has 1 aliphatic carbocycles. The first-order valence-electron chi connectivity index (χ1n) is 6.17. The molecule has 1 aromatic carbocycles. The first-order valence-corrected chi connectivity index (χ1v) is 6.17. The van der Waals surface area contributed by atoms with Crippen molar-refractivity contribution in [1.29, 1.82) is 0 Å². The van der Waals surface area contributed by atoms with E-state index in [2.05, 4.69) is 4.98 Å². The van der Waals surface area contributed by atoms with Gasteiger partial charge in [-0.05, 0) is 47.7 Å². The maximum Gasteiger partial charge on any atom is 0.0943 e. The summed E-state index contributed by atoms with van der Waals surface area (Å²) < 4.78 is 0. The molecule has 3 nitrogen and oxygen atoms in total. The number of fused-ring (bicyclic) bond motifs is 1. The summed E-state index contributed by atoms with van der Waals surface area (Å²) in [5.74, 6) is 0. The van der Waals surface area contributed by atoms with Gasteiger partial charge in [0.05, 0.1) is 5.60 Å². The van der Waals surface area contributed by atoms with Gasteiger partial charge in [0.2, 0.25) is 0 Å². The van der Waals surface area contributed by atoms with Crippen molar-refractivity contribution < 1.29 is 5.11 Å². The lowest BCUT2D eigenvalue weighted by atomic mass is 9.89. The number of nitrogens with zero attached hydrogens (tertiary/aromatic N) is 1. The number of nitrogen functional groups attached to an aromatic ring is 1. The highest BCUT2D eigenvalue weighted by Crippen LogP contribution is 2.39. The zero-order valence-electron chi connectivity index (χ0n) is 10.1. The summed E-state index contributed by atoms with van der Waals surface area (Å²) in [5, 5.41) is 10.8. The molecule has 0 radical (unpaired) electrons. The topological polar surface area (TPSA) is 59.1 Å². The van der Waals surface area contributed by atoms with Gasteiger partial charge in [0, 0.05) is 24.5 Å². The second-order valence-electron chi connectivity index (χ2n) is 4.99. The first-order chi connectivity index (χ1) is 8.67. The number of aryl methyl sites for hydroxylation is 1. The summed E-state index contributed by atoms with van der Waals surface area (Å²) in [7, 11) is 0. The van der Waals surface area contributed by atoms with E-state index in [9.17, 15) is 5.11 Å². The highest BCUT2D eigenvalue weighted by atomic mass is 16.3. The van der Waals surface area contributed by atoms with Gasteiger partial charge in [0.25, 0.3) is 0 Å². The van der Waals surface area contributed by atoms with Crippen LogP contribution < -0.4 is 5.73 Å². The lowest BCUT2D eigenvalue weighted by Gasteiger charge is -2.24. The van der Waals surface area contributed by atoms with Crippen LogP contribution in [0.25, 0.3) is 0 Å². The Morgan fingerprint density at radius 3 is 3.00 bits per heavy atom. The molecule has 0 fully saturated rings. The second-order valence-corrected chi connectivity index (χ2v) is 4.99. The van der Waals surface area contributed by atoms with E-state index in [0.717, 1.165) is 29.7 Å². The van der Waals surface area contributed by atoms with E-state index < -0.39 is 5.60 Å². The van der Waals surface area contributed by atoms with Gasteiger partial charge in [-0.3, -0.25) is 4.98 Å². The van der Waals surface area contributed by atoms with Crippen molar-refractivity contribution in [2.45, 2.75) is 24.9 Å². The van der Waals surface area contributed by atoms with Gasteiger partial charge < -0.3 is 10.8 Å². The average Bonchev–Trinajstić information content (AvgIpc) is 2.67. The number of hydrogen-bond donors (Lipinski definition) is 2. The number of nitrogens with two attached hydrogens (primary N) is 1. The van der Waals surface area contributed by atoms with Crippen LogP contribution in [-0.2, 0) is 18.4 Å². The number of anilines is 1. The van der Waals surface area contributed by atoms with Crippen molar-refractivity contribution in [3.63, 3.8) is 0 Å². The third-order valence-electron chi connectivity index (χ3n) is 3.66. The van der Waals surface area contributed by atoms with Crippen LogP contribution in [0.4, 0.5) is 5.69 Å². The molecule has 0 bridgehead atoms. The smallest absolute Gasteiger partial charge is 0.0943 e. The predicted molar refractivity (Wildman–Crippen MR) is 71.0 cm³/mol.